The maximum Gasteiger partial charge on any atom is 0.235 e. The topological polar surface area (TPSA) is 38.7 Å². The Bertz CT molecular complexity index is 515. The van der Waals surface area contributed by atoms with E-state index in [0.29, 0.717) is 5.02 Å². The summed E-state index contributed by atoms with van der Waals surface area (Å²) in [5, 5.41) is 0.650. The highest BCUT2D eigenvalue weighted by molar-refractivity contribution is 6.31. The van der Waals surface area contributed by atoms with Crippen molar-refractivity contribution >= 4 is 17.7 Å². The van der Waals surface area contributed by atoms with Crippen LogP contribution >= 0.6 is 11.6 Å². The number of ether oxygens (including phenoxy) is 1. The Morgan fingerprint density at radius 3 is 2.59 bits per heavy atom. The van der Waals surface area contributed by atoms with Gasteiger partial charge in [-0.3, -0.25) is 0 Å². The number of halogens is 1. The summed E-state index contributed by atoms with van der Waals surface area (Å²) in [7, 11) is 1.63. The predicted molar refractivity (Wildman–Crippen MR) is 66.5 cm³/mol. The lowest BCUT2D eigenvalue weighted by molar-refractivity contribution is 0.407. The maximum absolute atomic E-state index is 10.5. The first-order valence-electron chi connectivity index (χ1n) is 5.49. The molecule has 90 valence electrons. The zero-order chi connectivity index (χ0) is 12.6. The number of aliphatic imine (C=N–C) groups is 1. The monoisotopic (exact) mass is 251 g/mol. The molecular formula is C13H14ClNO2. The van der Waals surface area contributed by atoms with Gasteiger partial charge in [-0.05, 0) is 43.9 Å². The molecule has 3 nitrogen and oxygen atoms in total. The molecule has 4 heteroatoms. The standard InChI is InChI=1S/C13H14ClNO2/c1-8-6-10(14)11(9(2)12(8)17-3)13(4-5-13)15-7-16/h6H,4-5H2,1-3H3. The number of nitrogens with zero attached hydrogens (tertiary/aromatic N) is 1. The average molecular weight is 252 g/mol. The Labute approximate surface area is 105 Å². The number of carbonyl (C=O) groups excluding carboxylic acids is 1. The normalized spacial score (nSPS) is 16.2. The lowest BCUT2D eigenvalue weighted by Crippen LogP contribution is -2.08. The fourth-order valence-electron chi connectivity index (χ4n) is 2.43. The summed E-state index contributed by atoms with van der Waals surface area (Å²) in [6.45, 7) is 3.90. The average Bonchev–Trinajstić information content (AvgIpc) is 2.98. The Morgan fingerprint density at radius 1 is 1.47 bits per heavy atom. The van der Waals surface area contributed by atoms with Gasteiger partial charge in [-0.15, -0.1) is 0 Å². The number of aryl methyl sites for hydroxylation is 1. The molecule has 0 heterocycles. The molecule has 0 N–H and O–H groups in total. The molecular weight excluding hydrogens is 238 g/mol. The number of methoxy groups -OCH3 is 1. The Balaban J connectivity index is 2.66. The van der Waals surface area contributed by atoms with Crippen molar-refractivity contribution < 1.29 is 9.53 Å². The molecule has 0 atom stereocenters. The molecule has 1 saturated carbocycles. The summed E-state index contributed by atoms with van der Waals surface area (Å²) in [5.41, 5.74) is 2.41. The zero-order valence-electron chi connectivity index (χ0n) is 10.1. The molecule has 0 aromatic heterocycles. The van der Waals surface area contributed by atoms with Crippen molar-refractivity contribution in [3.63, 3.8) is 0 Å². The molecule has 1 aliphatic carbocycles. The number of hydrogen-bond donors (Lipinski definition) is 0. The second kappa shape index (κ2) is 4.17. The van der Waals surface area contributed by atoms with Gasteiger partial charge in [0, 0.05) is 10.6 Å². The summed E-state index contributed by atoms with van der Waals surface area (Å²) >= 11 is 6.28. The highest BCUT2D eigenvalue weighted by atomic mass is 35.5. The van der Waals surface area contributed by atoms with Crippen molar-refractivity contribution in [3.05, 3.63) is 27.8 Å². The Hall–Kier alpha value is -1.31. The molecule has 0 saturated heterocycles. The van der Waals surface area contributed by atoms with E-state index < -0.39 is 5.54 Å². The van der Waals surface area contributed by atoms with E-state index in [4.69, 9.17) is 16.3 Å². The lowest BCUT2D eigenvalue weighted by atomic mass is 9.96. The van der Waals surface area contributed by atoms with Gasteiger partial charge in [0.05, 0.1) is 7.11 Å². The van der Waals surface area contributed by atoms with E-state index in [1.165, 1.54) is 0 Å². The minimum atomic E-state index is -0.454. The fourth-order valence-corrected chi connectivity index (χ4v) is 2.91. The van der Waals surface area contributed by atoms with Crippen molar-refractivity contribution in [2.75, 3.05) is 7.11 Å². The quantitative estimate of drug-likeness (QED) is 0.611. The molecule has 0 radical (unpaired) electrons. The molecule has 0 amide bonds. The van der Waals surface area contributed by atoms with E-state index in [9.17, 15) is 4.79 Å². The molecule has 0 spiro atoms. The van der Waals surface area contributed by atoms with E-state index in [0.717, 1.165) is 35.3 Å². The highest BCUT2D eigenvalue weighted by Gasteiger charge is 2.47. The third-order valence-corrected chi connectivity index (χ3v) is 3.61. The Kier molecular flexibility index (Phi) is 2.98. The van der Waals surface area contributed by atoms with Crippen LogP contribution in [0.25, 0.3) is 0 Å². The number of benzene rings is 1. The van der Waals surface area contributed by atoms with Crippen LogP contribution in [-0.4, -0.2) is 13.2 Å². The van der Waals surface area contributed by atoms with Gasteiger partial charge in [-0.1, -0.05) is 11.6 Å². The molecule has 17 heavy (non-hydrogen) atoms. The van der Waals surface area contributed by atoms with Crippen molar-refractivity contribution in [2.24, 2.45) is 4.99 Å². The third kappa shape index (κ3) is 1.86. The fraction of sp³-hybridized carbons (Fsp3) is 0.462. The summed E-state index contributed by atoms with van der Waals surface area (Å²) in [6, 6.07) is 1.86. The maximum atomic E-state index is 10.5. The summed E-state index contributed by atoms with van der Waals surface area (Å²) in [6.07, 6.45) is 3.34. The van der Waals surface area contributed by atoms with Gasteiger partial charge in [-0.25, -0.2) is 4.79 Å². The second-order valence-corrected chi connectivity index (χ2v) is 4.85. The van der Waals surface area contributed by atoms with E-state index in [-0.39, 0.29) is 0 Å². The Morgan fingerprint density at radius 2 is 2.12 bits per heavy atom. The second-order valence-electron chi connectivity index (χ2n) is 4.44. The first-order chi connectivity index (χ1) is 8.05. The third-order valence-electron chi connectivity index (χ3n) is 3.31. The van der Waals surface area contributed by atoms with Gasteiger partial charge in [0.25, 0.3) is 0 Å². The minimum absolute atomic E-state index is 0.454. The first-order valence-corrected chi connectivity index (χ1v) is 5.87. The molecule has 1 fully saturated rings. The summed E-state index contributed by atoms with van der Waals surface area (Å²) < 4.78 is 5.37. The van der Waals surface area contributed by atoms with E-state index in [1.807, 2.05) is 19.9 Å². The van der Waals surface area contributed by atoms with Gasteiger partial charge >= 0.3 is 0 Å². The van der Waals surface area contributed by atoms with Crippen LogP contribution < -0.4 is 4.74 Å². The summed E-state index contributed by atoms with van der Waals surface area (Å²) in [4.78, 5) is 14.4. The van der Waals surface area contributed by atoms with Crippen LogP contribution in [0.4, 0.5) is 0 Å². The molecule has 0 aliphatic heterocycles. The van der Waals surface area contributed by atoms with E-state index in [1.54, 1.807) is 13.2 Å². The SMILES string of the molecule is COc1c(C)cc(Cl)c(C2(N=C=O)CC2)c1C. The molecule has 1 aromatic carbocycles. The lowest BCUT2D eigenvalue weighted by Gasteiger charge is -2.18. The van der Waals surface area contributed by atoms with Crippen LogP contribution in [0.2, 0.25) is 5.02 Å². The molecule has 0 unspecified atom stereocenters. The molecule has 1 aromatic rings. The van der Waals surface area contributed by atoms with Crippen LogP contribution in [0.5, 0.6) is 5.75 Å². The molecule has 0 bridgehead atoms. The van der Waals surface area contributed by atoms with Crippen LogP contribution in [0, 0.1) is 13.8 Å². The van der Waals surface area contributed by atoms with Crippen LogP contribution in [0.15, 0.2) is 11.1 Å². The van der Waals surface area contributed by atoms with Gasteiger partial charge < -0.3 is 4.74 Å². The highest BCUT2D eigenvalue weighted by Crippen LogP contribution is 2.54. The van der Waals surface area contributed by atoms with Crippen LogP contribution in [0.3, 0.4) is 0 Å². The zero-order valence-corrected chi connectivity index (χ0v) is 10.9. The largest absolute Gasteiger partial charge is 0.496 e. The van der Waals surface area contributed by atoms with Crippen molar-refractivity contribution in [1.82, 2.24) is 0 Å². The van der Waals surface area contributed by atoms with Crippen LogP contribution in [0.1, 0.15) is 29.5 Å². The molecule has 2 rings (SSSR count). The molecule has 1 aliphatic rings. The predicted octanol–water partition coefficient (Wildman–Crippen LogP) is 3.29. The van der Waals surface area contributed by atoms with Crippen molar-refractivity contribution in [1.29, 1.82) is 0 Å². The van der Waals surface area contributed by atoms with E-state index in [2.05, 4.69) is 4.99 Å². The smallest absolute Gasteiger partial charge is 0.235 e. The van der Waals surface area contributed by atoms with Gasteiger partial charge in [-0.2, -0.15) is 4.99 Å². The van der Waals surface area contributed by atoms with E-state index >= 15 is 0 Å². The van der Waals surface area contributed by atoms with Gasteiger partial charge in [0.15, 0.2) is 0 Å². The van der Waals surface area contributed by atoms with Crippen molar-refractivity contribution in [3.8, 4) is 5.75 Å². The summed E-state index contributed by atoms with van der Waals surface area (Å²) in [5.74, 6) is 0.816. The van der Waals surface area contributed by atoms with Crippen LogP contribution in [-0.2, 0) is 10.3 Å². The number of hydrogen-bond acceptors (Lipinski definition) is 3. The minimum Gasteiger partial charge on any atom is -0.496 e. The number of rotatable bonds is 3. The first kappa shape index (κ1) is 12.2. The van der Waals surface area contributed by atoms with Gasteiger partial charge in [0.1, 0.15) is 11.3 Å². The van der Waals surface area contributed by atoms with Gasteiger partial charge in [0.2, 0.25) is 6.08 Å². The number of isocyanates is 1. The van der Waals surface area contributed by atoms with Crippen molar-refractivity contribution in [2.45, 2.75) is 32.2 Å².